The first-order valence-corrected chi connectivity index (χ1v) is 7.56. The van der Waals surface area contributed by atoms with Crippen LogP contribution in [0.2, 0.25) is 0 Å². The molecule has 0 aliphatic carbocycles. The molecule has 1 aliphatic rings. The summed E-state index contributed by atoms with van der Waals surface area (Å²) in [6, 6.07) is 8.97. The lowest BCUT2D eigenvalue weighted by Crippen LogP contribution is -2.44. The Hall–Kier alpha value is -1.35. The van der Waals surface area contributed by atoms with Crippen LogP contribution in [0.3, 0.4) is 0 Å². The highest BCUT2D eigenvalue weighted by atomic mass is 15.1. The van der Waals surface area contributed by atoms with Crippen molar-refractivity contribution in [3.05, 3.63) is 35.4 Å². The fourth-order valence-corrected chi connectivity index (χ4v) is 2.74. The van der Waals surface area contributed by atoms with Crippen LogP contribution in [0.5, 0.6) is 0 Å². The molecule has 0 unspecified atom stereocenters. The first-order chi connectivity index (χ1) is 9.40. The Morgan fingerprint density at radius 3 is 2.25 bits per heavy atom. The Labute approximate surface area is 122 Å². The highest BCUT2D eigenvalue weighted by Crippen LogP contribution is 2.31. The highest BCUT2D eigenvalue weighted by Gasteiger charge is 2.32. The van der Waals surface area contributed by atoms with Gasteiger partial charge in [-0.05, 0) is 43.0 Å². The van der Waals surface area contributed by atoms with Gasteiger partial charge in [0.2, 0.25) is 0 Å². The van der Waals surface area contributed by atoms with Crippen LogP contribution in [0.15, 0.2) is 24.3 Å². The number of nitrogens with one attached hydrogen (secondary N) is 1. The maximum atomic E-state index is 7.70. The second-order valence-electron chi connectivity index (χ2n) is 6.65. The molecule has 1 aromatic rings. The standard InChI is InChI=1S/C17H27N3/c1-13(2)15-6-4-14(5-7-15)12-20-10-8-17(3,9-11-20)16(18)19/h4-7,13H,8-12H2,1-3H3,(H3,18,19). The Morgan fingerprint density at radius 1 is 1.25 bits per heavy atom. The molecule has 0 saturated carbocycles. The van der Waals surface area contributed by atoms with Crippen LogP contribution >= 0.6 is 0 Å². The highest BCUT2D eigenvalue weighted by molar-refractivity contribution is 5.83. The van der Waals surface area contributed by atoms with Crippen molar-refractivity contribution in [3.8, 4) is 0 Å². The maximum Gasteiger partial charge on any atom is 0.0966 e. The molecule has 1 heterocycles. The van der Waals surface area contributed by atoms with Gasteiger partial charge in [-0.25, -0.2) is 0 Å². The van der Waals surface area contributed by atoms with Crippen molar-refractivity contribution in [1.29, 1.82) is 5.41 Å². The quantitative estimate of drug-likeness (QED) is 0.653. The number of amidine groups is 1. The van der Waals surface area contributed by atoms with Gasteiger partial charge in [0, 0.05) is 12.0 Å². The van der Waals surface area contributed by atoms with Crippen molar-refractivity contribution in [1.82, 2.24) is 4.90 Å². The SMILES string of the molecule is CC(C)c1ccc(CN2CCC(C)(C(=N)N)CC2)cc1. The molecule has 20 heavy (non-hydrogen) atoms. The van der Waals surface area contributed by atoms with Crippen molar-refractivity contribution in [2.24, 2.45) is 11.1 Å². The molecular formula is C17H27N3. The van der Waals surface area contributed by atoms with Crippen LogP contribution in [-0.4, -0.2) is 23.8 Å². The first kappa shape index (κ1) is 15.0. The summed E-state index contributed by atoms with van der Waals surface area (Å²) >= 11 is 0. The minimum atomic E-state index is -0.0853. The van der Waals surface area contributed by atoms with Gasteiger partial charge in [-0.1, -0.05) is 45.0 Å². The van der Waals surface area contributed by atoms with Crippen LogP contribution in [0.4, 0.5) is 0 Å². The van der Waals surface area contributed by atoms with E-state index in [-0.39, 0.29) is 5.41 Å². The number of hydrogen-bond acceptors (Lipinski definition) is 2. The Bertz CT molecular complexity index is 454. The topological polar surface area (TPSA) is 53.1 Å². The second kappa shape index (κ2) is 5.96. The lowest BCUT2D eigenvalue weighted by molar-refractivity contribution is 0.156. The van der Waals surface area contributed by atoms with Gasteiger partial charge in [0.05, 0.1) is 5.84 Å². The van der Waals surface area contributed by atoms with Crippen LogP contribution in [-0.2, 0) is 6.54 Å². The van der Waals surface area contributed by atoms with E-state index in [0.29, 0.717) is 11.8 Å². The van der Waals surface area contributed by atoms with Crippen molar-refractivity contribution in [2.45, 2.75) is 46.1 Å². The smallest absolute Gasteiger partial charge is 0.0966 e. The molecule has 1 aliphatic heterocycles. The van der Waals surface area contributed by atoms with Gasteiger partial charge in [0.15, 0.2) is 0 Å². The molecule has 2 rings (SSSR count). The molecular weight excluding hydrogens is 246 g/mol. The van der Waals surface area contributed by atoms with E-state index in [9.17, 15) is 0 Å². The summed E-state index contributed by atoms with van der Waals surface area (Å²) in [7, 11) is 0. The van der Waals surface area contributed by atoms with Gasteiger partial charge < -0.3 is 5.73 Å². The number of piperidine rings is 1. The van der Waals surface area contributed by atoms with Crippen LogP contribution in [0.25, 0.3) is 0 Å². The largest absolute Gasteiger partial charge is 0.387 e. The Kier molecular flexibility index (Phi) is 4.48. The predicted octanol–water partition coefficient (Wildman–Crippen LogP) is 3.35. The fourth-order valence-electron chi connectivity index (χ4n) is 2.74. The van der Waals surface area contributed by atoms with E-state index in [1.54, 1.807) is 0 Å². The number of hydrogen-bond donors (Lipinski definition) is 2. The molecule has 0 radical (unpaired) electrons. The van der Waals surface area contributed by atoms with E-state index in [4.69, 9.17) is 11.1 Å². The molecule has 3 heteroatoms. The van der Waals surface area contributed by atoms with Gasteiger partial charge in [0.1, 0.15) is 0 Å². The number of benzene rings is 1. The van der Waals surface area contributed by atoms with Gasteiger partial charge in [-0.3, -0.25) is 10.3 Å². The minimum Gasteiger partial charge on any atom is -0.387 e. The van der Waals surface area contributed by atoms with Gasteiger partial charge in [-0.15, -0.1) is 0 Å². The van der Waals surface area contributed by atoms with Gasteiger partial charge in [0.25, 0.3) is 0 Å². The summed E-state index contributed by atoms with van der Waals surface area (Å²) < 4.78 is 0. The van der Waals surface area contributed by atoms with Gasteiger partial charge >= 0.3 is 0 Å². The summed E-state index contributed by atoms with van der Waals surface area (Å²) in [6.07, 6.45) is 1.98. The third-order valence-corrected chi connectivity index (χ3v) is 4.66. The normalized spacial score (nSPS) is 19.2. The molecule has 110 valence electrons. The Morgan fingerprint density at radius 2 is 1.80 bits per heavy atom. The van der Waals surface area contributed by atoms with E-state index < -0.39 is 0 Å². The van der Waals surface area contributed by atoms with E-state index in [1.165, 1.54) is 11.1 Å². The third kappa shape index (κ3) is 3.40. The lowest BCUT2D eigenvalue weighted by atomic mass is 9.79. The summed E-state index contributed by atoms with van der Waals surface area (Å²) in [4.78, 5) is 2.47. The van der Waals surface area contributed by atoms with Crippen molar-refractivity contribution in [2.75, 3.05) is 13.1 Å². The molecule has 1 aromatic carbocycles. The zero-order valence-electron chi connectivity index (χ0n) is 12.9. The molecule has 0 atom stereocenters. The molecule has 0 spiro atoms. The van der Waals surface area contributed by atoms with Gasteiger partial charge in [-0.2, -0.15) is 0 Å². The molecule has 1 saturated heterocycles. The molecule has 3 nitrogen and oxygen atoms in total. The van der Waals surface area contributed by atoms with E-state index >= 15 is 0 Å². The first-order valence-electron chi connectivity index (χ1n) is 7.56. The summed E-state index contributed by atoms with van der Waals surface area (Å²) in [5.74, 6) is 0.939. The maximum absolute atomic E-state index is 7.70. The van der Waals surface area contributed by atoms with Crippen molar-refractivity contribution >= 4 is 5.84 Å². The average Bonchev–Trinajstić information content (AvgIpc) is 2.42. The molecule has 0 bridgehead atoms. The molecule has 3 N–H and O–H groups in total. The second-order valence-corrected chi connectivity index (χ2v) is 6.65. The number of rotatable bonds is 4. The van der Waals surface area contributed by atoms with E-state index in [1.807, 2.05) is 0 Å². The number of likely N-dealkylation sites (tertiary alicyclic amines) is 1. The van der Waals surface area contributed by atoms with Crippen molar-refractivity contribution in [3.63, 3.8) is 0 Å². The number of nitrogens with zero attached hydrogens (tertiary/aromatic N) is 1. The van der Waals surface area contributed by atoms with E-state index in [2.05, 4.69) is 49.9 Å². The molecule has 1 fully saturated rings. The predicted molar refractivity (Wildman–Crippen MR) is 85.1 cm³/mol. The molecule has 0 amide bonds. The summed E-state index contributed by atoms with van der Waals surface area (Å²) in [5, 5.41) is 7.70. The third-order valence-electron chi connectivity index (χ3n) is 4.66. The number of nitrogens with two attached hydrogens (primary N) is 1. The fraction of sp³-hybridized carbons (Fsp3) is 0.588. The monoisotopic (exact) mass is 273 g/mol. The van der Waals surface area contributed by atoms with E-state index in [0.717, 1.165) is 32.5 Å². The average molecular weight is 273 g/mol. The zero-order chi connectivity index (χ0) is 14.8. The minimum absolute atomic E-state index is 0.0853. The molecule has 0 aromatic heterocycles. The van der Waals surface area contributed by atoms with Crippen LogP contribution < -0.4 is 5.73 Å². The van der Waals surface area contributed by atoms with Crippen molar-refractivity contribution < 1.29 is 0 Å². The Balaban J connectivity index is 1.91. The van der Waals surface area contributed by atoms with Crippen LogP contribution in [0, 0.1) is 10.8 Å². The lowest BCUT2D eigenvalue weighted by Gasteiger charge is -2.38. The van der Waals surface area contributed by atoms with Crippen LogP contribution in [0.1, 0.15) is 50.7 Å². The zero-order valence-corrected chi connectivity index (χ0v) is 12.9. The summed E-state index contributed by atoms with van der Waals surface area (Å²) in [5.41, 5.74) is 8.40. The summed E-state index contributed by atoms with van der Waals surface area (Å²) in [6.45, 7) is 9.63.